The molecule has 1 aromatic carbocycles. The molecule has 0 aliphatic carbocycles. The number of likely N-dealkylation sites (tertiary alicyclic amines) is 2. The van der Waals surface area contributed by atoms with E-state index >= 15 is 0 Å². The molecule has 12 heteroatoms. The van der Waals surface area contributed by atoms with Gasteiger partial charge in [-0.15, -0.1) is 0 Å². The van der Waals surface area contributed by atoms with Crippen LogP contribution in [-0.4, -0.2) is 64.4 Å². The van der Waals surface area contributed by atoms with E-state index in [4.69, 9.17) is 14.9 Å². The number of rotatable bonds is 4. The number of fused-ring (bicyclic) bond motifs is 1. The highest BCUT2D eigenvalue weighted by atomic mass is 19.4. The first kappa shape index (κ1) is 26.0. The summed E-state index contributed by atoms with van der Waals surface area (Å²) < 4.78 is 51.1. The molecule has 4 heterocycles. The lowest BCUT2D eigenvalue weighted by Gasteiger charge is -2.43. The number of carbonyl (C=O) groups is 2. The second-order valence-electron chi connectivity index (χ2n) is 9.90. The molecule has 9 nitrogen and oxygen atoms in total. The van der Waals surface area contributed by atoms with Crippen molar-refractivity contribution in [2.45, 2.75) is 50.4 Å². The van der Waals surface area contributed by atoms with E-state index in [0.717, 1.165) is 12.5 Å². The van der Waals surface area contributed by atoms with Gasteiger partial charge in [-0.25, -0.2) is 9.97 Å². The van der Waals surface area contributed by atoms with E-state index in [1.54, 1.807) is 17.9 Å². The third kappa shape index (κ3) is 4.26. The number of nitrogens with two attached hydrogens (primary N) is 1. The zero-order valence-electron chi connectivity index (χ0n) is 21.3. The number of oxazole rings is 1. The highest BCUT2D eigenvalue weighted by Gasteiger charge is 2.46. The molecular weight excluding hydrogens is 503 g/mol. The first-order chi connectivity index (χ1) is 17.9. The number of aromatic nitrogens is 2. The molecular formula is C26H28F3N5O4. The number of halogens is 3. The van der Waals surface area contributed by atoms with Gasteiger partial charge < -0.3 is 24.7 Å². The lowest BCUT2D eigenvalue weighted by molar-refractivity contribution is -0.141. The molecule has 1 spiro atoms. The van der Waals surface area contributed by atoms with Crippen LogP contribution in [0, 0.1) is 0 Å². The van der Waals surface area contributed by atoms with Gasteiger partial charge in [-0.2, -0.15) is 13.2 Å². The number of alkyl halides is 3. The predicted molar refractivity (Wildman–Crippen MR) is 131 cm³/mol. The zero-order valence-corrected chi connectivity index (χ0v) is 21.3. The first-order valence-corrected chi connectivity index (χ1v) is 12.3. The average molecular weight is 532 g/mol. The number of piperidine rings is 1. The number of nitrogens with zero attached hydrogens (tertiary/aromatic N) is 4. The molecule has 2 aromatic heterocycles. The Balaban J connectivity index is 1.50. The summed E-state index contributed by atoms with van der Waals surface area (Å²) in [6.45, 7) is 2.56. The number of methoxy groups -OCH3 is 1. The third-order valence-electron chi connectivity index (χ3n) is 7.70. The summed E-state index contributed by atoms with van der Waals surface area (Å²) in [5.41, 5.74) is 5.24. The van der Waals surface area contributed by atoms with Gasteiger partial charge in [-0.1, -0.05) is 0 Å². The van der Waals surface area contributed by atoms with Crippen molar-refractivity contribution >= 4 is 22.7 Å². The van der Waals surface area contributed by atoms with Crippen LogP contribution in [0.1, 0.15) is 60.6 Å². The molecule has 38 heavy (non-hydrogen) atoms. The quantitative estimate of drug-likeness (QED) is 0.538. The molecule has 5 rings (SSSR count). The average Bonchev–Trinajstić information content (AvgIpc) is 3.45. The summed E-state index contributed by atoms with van der Waals surface area (Å²) in [4.78, 5) is 37.4. The Labute approximate surface area is 216 Å². The lowest BCUT2D eigenvalue weighted by Crippen LogP contribution is -2.52. The number of pyridine rings is 1. The third-order valence-corrected chi connectivity index (χ3v) is 7.70. The standard InChI is InChI=1S/C26H28F3N5O4/c1-14(30)22-21(24(36)34-12-10-25(11-13-34)9-8-19(35)33(25)2)32-23(38-22)16-4-6-17(37-3)20-15(16)5-7-18(31-20)26(27,28)29/h4-7,14H,8-13,30H2,1-3H3/t14-/m0/s1. The van der Waals surface area contributed by atoms with Gasteiger partial charge in [0.25, 0.3) is 5.91 Å². The minimum absolute atomic E-state index is 0.00944. The van der Waals surface area contributed by atoms with Crippen molar-refractivity contribution in [1.82, 2.24) is 19.8 Å². The number of hydrogen-bond donors (Lipinski definition) is 1. The van der Waals surface area contributed by atoms with Crippen molar-refractivity contribution in [1.29, 1.82) is 0 Å². The van der Waals surface area contributed by atoms with E-state index in [9.17, 15) is 22.8 Å². The minimum atomic E-state index is -4.63. The SMILES string of the molecule is COc1ccc(-c2nc(C(=O)N3CCC4(CCC(=O)N4C)CC3)c([C@H](C)N)o2)c2ccc(C(F)(F)F)nc12. The lowest BCUT2D eigenvalue weighted by atomic mass is 9.85. The van der Waals surface area contributed by atoms with E-state index in [-0.39, 0.29) is 46.0 Å². The van der Waals surface area contributed by atoms with E-state index in [2.05, 4.69) is 9.97 Å². The Kier molecular flexibility index (Phi) is 6.33. The number of hydrogen-bond acceptors (Lipinski definition) is 7. The normalized spacial score (nSPS) is 18.4. The minimum Gasteiger partial charge on any atom is -0.494 e. The van der Waals surface area contributed by atoms with Gasteiger partial charge in [-0.3, -0.25) is 9.59 Å². The maximum Gasteiger partial charge on any atom is 0.433 e. The van der Waals surface area contributed by atoms with Crippen LogP contribution in [-0.2, 0) is 11.0 Å². The summed E-state index contributed by atoms with van der Waals surface area (Å²) in [7, 11) is 3.16. The Morgan fingerprint density at radius 3 is 2.45 bits per heavy atom. The molecule has 2 fully saturated rings. The Hall–Kier alpha value is -3.67. The Bertz CT molecular complexity index is 1410. The molecule has 2 saturated heterocycles. The van der Waals surface area contributed by atoms with Crippen LogP contribution in [0.25, 0.3) is 22.4 Å². The van der Waals surface area contributed by atoms with Crippen molar-refractivity contribution in [3.05, 3.63) is 41.4 Å². The summed E-state index contributed by atoms with van der Waals surface area (Å²) in [6, 6.07) is 4.57. The molecule has 1 atom stereocenters. The Morgan fingerprint density at radius 1 is 1.16 bits per heavy atom. The molecule has 0 saturated carbocycles. The number of carbonyl (C=O) groups excluding carboxylic acids is 2. The van der Waals surface area contributed by atoms with Gasteiger partial charge >= 0.3 is 6.18 Å². The van der Waals surface area contributed by atoms with Gasteiger partial charge in [-0.05, 0) is 50.5 Å². The largest absolute Gasteiger partial charge is 0.494 e. The topological polar surface area (TPSA) is 115 Å². The van der Waals surface area contributed by atoms with Crippen LogP contribution >= 0.6 is 0 Å². The maximum absolute atomic E-state index is 13.5. The zero-order chi connectivity index (χ0) is 27.4. The van der Waals surface area contributed by atoms with Gasteiger partial charge in [0.1, 0.15) is 17.0 Å². The van der Waals surface area contributed by atoms with E-state index in [1.807, 2.05) is 11.9 Å². The molecule has 2 amide bonds. The molecule has 3 aromatic rings. The molecule has 202 valence electrons. The van der Waals surface area contributed by atoms with Gasteiger partial charge in [0.15, 0.2) is 11.5 Å². The monoisotopic (exact) mass is 531 g/mol. The van der Waals surface area contributed by atoms with Crippen LogP contribution in [0.2, 0.25) is 0 Å². The van der Waals surface area contributed by atoms with E-state index in [0.29, 0.717) is 43.3 Å². The van der Waals surface area contributed by atoms with Gasteiger partial charge in [0.05, 0.1) is 13.2 Å². The second kappa shape index (κ2) is 9.26. The predicted octanol–water partition coefficient (Wildman–Crippen LogP) is 4.16. The molecule has 2 aliphatic rings. The van der Waals surface area contributed by atoms with Crippen molar-refractivity contribution in [2.75, 3.05) is 27.2 Å². The molecule has 0 radical (unpaired) electrons. The number of ether oxygens (including phenoxy) is 1. The van der Waals surface area contributed by atoms with Gasteiger partial charge in [0, 0.05) is 43.0 Å². The second-order valence-corrected chi connectivity index (χ2v) is 9.90. The van der Waals surface area contributed by atoms with Crippen LogP contribution in [0.15, 0.2) is 28.7 Å². The highest BCUT2D eigenvalue weighted by Crippen LogP contribution is 2.40. The van der Waals surface area contributed by atoms with Crippen molar-refractivity contribution in [3.8, 4) is 17.2 Å². The fourth-order valence-electron chi connectivity index (χ4n) is 5.41. The molecule has 0 unspecified atom stereocenters. The highest BCUT2D eigenvalue weighted by molar-refractivity contribution is 5.98. The number of benzene rings is 1. The first-order valence-electron chi connectivity index (χ1n) is 12.3. The van der Waals surface area contributed by atoms with Crippen LogP contribution in [0.3, 0.4) is 0 Å². The Morgan fingerprint density at radius 2 is 1.87 bits per heavy atom. The summed E-state index contributed by atoms with van der Waals surface area (Å²) in [5.74, 6) is 0.160. The molecule has 2 aliphatic heterocycles. The van der Waals surface area contributed by atoms with E-state index in [1.165, 1.54) is 19.2 Å². The summed E-state index contributed by atoms with van der Waals surface area (Å²) in [6.07, 6.45) is -2.02. The van der Waals surface area contributed by atoms with Crippen molar-refractivity contribution in [3.63, 3.8) is 0 Å². The van der Waals surface area contributed by atoms with Crippen molar-refractivity contribution in [2.24, 2.45) is 5.73 Å². The summed E-state index contributed by atoms with van der Waals surface area (Å²) in [5, 5.41) is 0.322. The molecule has 0 bridgehead atoms. The van der Waals surface area contributed by atoms with Crippen LogP contribution in [0.4, 0.5) is 13.2 Å². The summed E-state index contributed by atoms with van der Waals surface area (Å²) >= 11 is 0. The fraction of sp³-hybridized carbons (Fsp3) is 0.462. The van der Waals surface area contributed by atoms with E-state index < -0.39 is 17.9 Å². The number of amides is 2. The van der Waals surface area contributed by atoms with Crippen LogP contribution in [0.5, 0.6) is 5.75 Å². The molecule has 2 N–H and O–H groups in total. The smallest absolute Gasteiger partial charge is 0.433 e. The van der Waals surface area contributed by atoms with Crippen LogP contribution < -0.4 is 10.5 Å². The fourth-order valence-corrected chi connectivity index (χ4v) is 5.41. The van der Waals surface area contributed by atoms with Crippen molar-refractivity contribution < 1.29 is 31.9 Å². The maximum atomic E-state index is 13.5. The van der Waals surface area contributed by atoms with Gasteiger partial charge in [0.2, 0.25) is 11.8 Å².